The van der Waals surface area contributed by atoms with E-state index in [2.05, 4.69) is 75.2 Å². The highest BCUT2D eigenvalue weighted by molar-refractivity contribution is 14.0. The molecular formula is C20H35BrIN5. The number of nitrogens with one attached hydrogen (secondary N) is 1. The van der Waals surface area contributed by atoms with Gasteiger partial charge in [-0.1, -0.05) is 34.1 Å². The normalized spacial score (nSPS) is 16.1. The summed E-state index contributed by atoms with van der Waals surface area (Å²) in [6.07, 6.45) is 2.37. The Morgan fingerprint density at radius 2 is 1.89 bits per heavy atom. The van der Waals surface area contributed by atoms with Gasteiger partial charge in [0.25, 0.3) is 0 Å². The van der Waals surface area contributed by atoms with Crippen molar-refractivity contribution in [1.82, 2.24) is 20.0 Å². The van der Waals surface area contributed by atoms with Crippen molar-refractivity contribution in [1.29, 1.82) is 0 Å². The van der Waals surface area contributed by atoms with Crippen molar-refractivity contribution in [3.8, 4) is 0 Å². The Bertz CT molecular complexity index is 561. The minimum atomic E-state index is 0. The summed E-state index contributed by atoms with van der Waals surface area (Å²) >= 11 is 3.63. The molecule has 1 fully saturated rings. The molecule has 1 aromatic carbocycles. The fourth-order valence-corrected chi connectivity index (χ4v) is 3.54. The summed E-state index contributed by atoms with van der Waals surface area (Å²) in [5.41, 5.74) is 1.27. The van der Waals surface area contributed by atoms with Crippen LogP contribution in [0.4, 0.5) is 0 Å². The van der Waals surface area contributed by atoms with Crippen LogP contribution in [0.3, 0.4) is 0 Å². The first-order valence-corrected chi connectivity index (χ1v) is 10.5. The van der Waals surface area contributed by atoms with Gasteiger partial charge >= 0.3 is 0 Å². The first-order valence-electron chi connectivity index (χ1n) is 9.74. The van der Waals surface area contributed by atoms with Crippen molar-refractivity contribution in [2.45, 2.75) is 26.3 Å². The lowest BCUT2D eigenvalue weighted by Gasteiger charge is -2.32. The Morgan fingerprint density at radius 3 is 2.56 bits per heavy atom. The molecule has 0 amide bonds. The van der Waals surface area contributed by atoms with Crippen LogP contribution in [0.2, 0.25) is 0 Å². The summed E-state index contributed by atoms with van der Waals surface area (Å²) in [7, 11) is 4.31. The van der Waals surface area contributed by atoms with Gasteiger partial charge < -0.3 is 20.0 Å². The monoisotopic (exact) mass is 551 g/mol. The number of halogens is 2. The number of nitrogens with zero attached hydrogens (tertiary/aromatic N) is 4. The molecule has 154 valence electrons. The van der Waals surface area contributed by atoms with Gasteiger partial charge in [0.2, 0.25) is 0 Å². The van der Waals surface area contributed by atoms with E-state index in [0.29, 0.717) is 0 Å². The third-order valence-corrected chi connectivity index (χ3v) is 5.58. The van der Waals surface area contributed by atoms with E-state index in [4.69, 9.17) is 4.99 Å². The molecule has 0 unspecified atom stereocenters. The minimum absolute atomic E-state index is 0. The maximum absolute atomic E-state index is 4.82. The third kappa shape index (κ3) is 9.11. The average Bonchev–Trinajstić information content (AvgIpc) is 2.64. The molecule has 0 saturated carbocycles. The molecule has 0 bridgehead atoms. The number of hydrogen-bond acceptors (Lipinski definition) is 3. The fourth-order valence-electron chi connectivity index (χ4n) is 3.13. The molecule has 1 aromatic rings. The van der Waals surface area contributed by atoms with Gasteiger partial charge in [-0.25, -0.2) is 0 Å². The molecule has 0 aromatic heterocycles. The second-order valence-electron chi connectivity index (χ2n) is 7.04. The van der Waals surface area contributed by atoms with Gasteiger partial charge in [0.15, 0.2) is 5.96 Å². The lowest BCUT2D eigenvalue weighted by Crippen LogP contribution is -2.44. The van der Waals surface area contributed by atoms with Crippen LogP contribution in [-0.2, 0) is 6.54 Å². The highest BCUT2D eigenvalue weighted by Crippen LogP contribution is 2.17. The van der Waals surface area contributed by atoms with Gasteiger partial charge in [-0.3, -0.25) is 4.99 Å². The van der Waals surface area contributed by atoms with E-state index in [1.165, 1.54) is 44.7 Å². The van der Waals surface area contributed by atoms with Crippen LogP contribution < -0.4 is 5.32 Å². The first-order chi connectivity index (χ1) is 12.6. The molecule has 2 rings (SSSR count). The second kappa shape index (κ2) is 13.7. The van der Waals surface area contributed by atoms with E-state index in [9.17, 15) is 0 Å². The van der Waals surface area contributed by atoms with E-state index in [-0.39, 0.29) is 24.0 Å². The lowest BCUT2D eigenvalue weighted by atomic mass is 10.2. The molecule has 1 aliphatic rings. The quantitative estimate of drug-likeness (QED) is 0.232. The molecular weight excluding hydrogens is 517 g/mol. The summed E-state index contributed by atoms with van der Waals surface area (Å²) in [6.45, 7) is 10.7. The third-order valence-electron chi connectivity index (χ3n) is 4.80. The molecule has 0 radical (unpaired) electrons. The summed E-state index contributed by atoms with van der Waals surface area (Å²) in [4.78, 5) is 12.0. The van der Waals surface area contributed by atoms with E-state index >= 15 is 0 Å². The van der Waals surface area contributed by atoms with E-state index in [1.807, 2.05) is 6.07 Å². The number of benzene rings is 1. The van der Waals surface area contributed by atoms with Crippen molar-refractivity contribution in [3.05, 3.63) is 34.3 Å². The zero-order valence-electron chi connectivity index (χ0n) is 17.0. The Labute approximate surface area is 190 Å². The fraction of sp³-hybridized carbons (Fsp3) is 0.650. The van der Waals surface area contributed by atoms with Crippen LogP contribution in [0.25, 0.3) is 0 Å². The Morgan fingerprint density at radius 1 is 1.19 bits per heavy atom. The van der Waals surface area contributed by atoms with Crippen molar-refractivity contribution in [3.63, 3.8) is 0 Å². The molecule has 1 aliphatic heterocycles. The molecule has 1 N–H and O–H groups in total. The van der Waals surface area contributed by atoms with E-state index in [0.717, 1.165) is 36.5 Å². The molecule has 5 nitrogen and oxygen atoms in total. The summed E-state index contributed by atoms with van der Waals surface area (Å²) in [5.74, 6) is 0.989. The van der Waals surface area contributed by atoms with Gasteiger partial charge in [0, 0.05) is 57.3 Å². The van der Waals surface area contributed by atoms with Crippen molar-refractivity contribution in [2.75, 3.05) is 59.9 Å². The zero-order chi connectivity index (χ0) is 18.8. The van der Waals surface area contributed by atoms with Gasteiger partial charge in [-0.2, -0.15) is 0 Å². The number of hydrogen-bond donors (Lipinski definition) is 1. The Balaban J connectivity index is 0.00000364. The Hall–Kier alpha value is -0.380. The van der Waals surface area contributed by atoms with Gasteiger partial charge in [-0.15, -0.1) is 24.0 Å². The highest BCUT2D eigenvalue weighted by atomic mass is 127. The minimum Gasteiger partial charge on any atom is -0.357 e. The van der Waals surface area contributed by atoms with Crippen molar-refractivity contribution < 1.29 is 0 Å². The highest BCUT2D eigenvalue weighted by Gasteiger charge is 2.13. The number of piperazine rings is 1. The predicted molar refractivity (Wildman–Crippen MR) is 130 cm³/mol. The van der Waals surface area contributed by atoms with Crippen molar-refractivity contribution >= 4 is 45.9 Å². The zero-order valence-corrected chi connectivity index (χ0v) is 20.9. The van der Waals surface area contributed by atoms with Crippen molar-refractivity contribution in [2.24, 2.45) is 4.99 Å². The molecule has 27 heavy (non-hydrogen) atoms. The molecule has 1 heterocycles. The van der Waals surface area contributed by atoms with Crippen LogP contribution in [0.1, 0.15) is 25.3 Å². The maximum atomic E-state index is 4.82. The van der Waals surface area contributed by atoms with Crippen LogP contribution in [0, 0.1) is 0 Å². The van der Waals surface area contributed by atoms with Crippen LogP contribution in [0.15, 0.2) is 33.7 Å². The standard InChI is InChI=1S/C20H34BrN5.HI/c1-4-22-20(25(3)17-18-9-5-6-10-19(18)21)23-11-7-8-12-26-15-13-24(2)14-16-26;/h5-6,9-10H,4,7-8,11-17H2,1-3H3,(H,22,23);1H. The van der Waals surface area contributed by atoms with Gasteiger partial charge in [-0.05, 0) is 45.0 Å². The molecule has 1 saturated heterocycles. The van der Waals surface area contributed by atoms with Crippen LogP contribution in [0.5, 0.6) is 0 Å². The van der Waals surface area contributed by atoms with Crippen LogP contribution >= 0.6 is 39.9 Å². The largest absolute Gasteiger partial charge is 0.357 e. The molecule has 0 spiro atoms. The molecule has 0 aliphatic carbocycles. The van der Waals surface area contributed by atoms with Crippen LogP contribution in [-0.4, -0.2) is 80.6 Å². The SMILES string of the molecule is CCNC(=NCCCCN1CCN(C)CC1)N(C)Cc1ccccc1Br.I. The lowest BCUT2D eigenvalue weighted by molar-refractivity contribution is 0.152. The summed E-state index contributed by atoms with van der Waals surface area (Å²) in [6, 6.07) is 8.37. The smallest absolute Gasteiger partial charge is 0.193 e. The number of guanidine groups is 1. The second-order valence-corrected chi connectivity index (χ2v) is 7.89. The topological polar surface area (TPSA) is 34.1 Å². The summed E-state index contributed by atoms with van der Waals surface area (Å²) in [5, 5.41) is 3.41. The maximum Gasteiger partial charge on any atom is 0.193 e. The van der Waals surface area contributed by atoms with Gasteiger partial charge in [0.05, 0.1) is 0 Å². The number of rotatable bonds is 8. The predicted octanol–water partition coefficient (Wildman–Crippen LogP) is 3.49. The van der Waals surface area contributed by atoms with E-state index in [1.54, 1.807) is 0 Å². The number of likely N-dealkylation sites (N-methyl/N-ethyl adjacent to an activating group) is 1. The van der Waals surface area contributed by atoms with Gasteiger partial charge in [0.1, 0.15) is 0 Å². The summed E-state index contributed by atoms with van der Waals surface area (Å²) < 4.78 is 1.15. The average molecular weight is 552 g/mol. The first kappa shape index (κ1) is 24.7. The Kier molecular flexibility index (Phi) is 12.5. The number of aliphatic imine (C=N–C) groups is 1. The number of unbranched alkanes of at least 4 members (excludes halogenated alkanes) is 1. The van der Waals surface area contributed by atoms with E-state index < -0.39 is 0 Å². The molecule has 7 heteroatoms. The molecule has 0 atom stereocenters.